The van der Waals surface area contributed by atoms with E-state index in [1.165, 1.54) is 42.1 Å². The lowest BCUT2D eigenvalue weighted by atomic mass is 9.96. The molecule has 3 atom stereocenters. The van der Waals surface area contributed by atoms with E-state index in [-0.39, 0.29) is 48.9 Å². The van der Waals surface area contributed by atoms with E-state index in [4.69, 9.17) is 14.2 Å². The molecule has 2 amide bonds. The van der Waals surface area contributed by atoms with Gasteiger partial charge in [0.1, 0.15) is 18.1 Å². The fourth-order valence-electron chi connectivity index (χ4n) is 6.58. The summed E-state index contributed by atoms with van der Waals surface area (Å²) in [7, 11) is -0.658. The van der Waals surface area contributed by atoms with E-state index in [9.17, 15) is 18.0 Å². The molecule has 0 bridgehead atoms. The Morgan fingerprint density at radius 1 is 0.980 bits per heavy atom. The van der Waals surface area contributed by atoms with Crippen molar-refractivity contribution in [3.05, 3.63) is 83.9 Å². The highest BCUT2D eigenvalue weighted by molar-refractivity contribution is 7.89. The van der Waals surface area contributed by atoms with Crippen LogP contribution >= 0.6 is 0 Å². The molecular weight excluding hydrogens is 657 g/mol. The molecule has 2 aliphatic heterocycles. The van der Waals surface area contributed by atoms with Crippen LogP contribution in [0.4, 0.5) is 0 Å². The number of carbonyl (C=O) groups excluding carboxylic acids is 2. The summed E-state index contributed by atoms with van der Waals surface area (Å²) in [5, 5.41) is 1.57. The predicted octanol–water partition coefficient (Wildman–Crippen LogP) is 5.39. The average molecular weight is 707 g/mol. The highest BCUT2D eigenvalue weighted by atomic mass is 32.2. The molecule has 3 aromatic rings. The van der Waals surface area contributed by atoms with E-state index in [2.05, 4.69) is 35.6 Å². The molecule has 1 saturated heterocycles. The third-order valence-corrected chi connectivity index (χ3v) is 11.3. The molecule has 1 N–H and O–H groups in total. The van der Waals surface area contributed by atoms with Crippen LogP contribution in [0.3, 0.4) is 0 Å². The predicted molar refractivity (Wildman–Crippen MR) is 192 cm³/mol. The highest BCUT2D eigenvalue weighted by Crippen LogP contribution is 2.27. The Morgan fingerprint density at radius 3 is 2.28 bits per heavy atom. The first-order valence-electron chi connectivity index (χ1n) is 17.3. The number of ether oxygens (including phenoxy) is 3. The molecule has 2 heterocycles. The molecule has 11 nitrogen and oxygen atoms in total. The Morgan fingerprint density at radius 2 is 1.64 bits per heavy atom. The second-order valence-corrected chi connectivity index (χ2v) is 15.3. The zero-order valence-corrected chi connectivity index (χ0v) is 30.7. The molecular formula is C38H50N4O7S. The number of fused-ring (bicyclic) bond motifs is 1. The Balaban J connectivity index is 1.33. The first kappa shape index (κ1) is 37.1. The number of carbonyl (C=O) groups is 2. The minimum Gasteiger partial charge on any atom is -0.497 e. The van der Waals surface area contributed by atoms with Gasteiger partial charge in [-0.2, -0.15) is 0 Å². The van der Waals surface area contributed by atoms with Crippen LogP contribution in [0.2, 0.25) is 0 Å². The van der Waals surface area contributed by atoms with Gasteiger partial charge in [-0.3, -0.25) is 19.4 Å². The summed E-state index contributed by atoms with van der Waals surface area (Å²) in [4.78, 5) is 33.6. The zero-order valence-electron chi connectivity index (χ0n) is 29.9. The first-order chi connectivity index (χ1) is 23.9. The molecule has 12 heteroatoms. The number of sulfonamides is 1. The van der Waals surface area contributed by atoms with Crippen molar-refractivity contribution in [2.24, 2.45) is 0 Å². The maximum atomic E-state index is 14.0. The van der Waals surface area contributed by atoms with Gasteiger partial charge in [-0.05, 0) is 86.7 Å². The topological polar surface area (TPSA) is 118 Å². The van der Waals surface area contributed by atoms with Crippen LogP contribution in [-0.2, 0) is 42.1 Å². The summed E-state index contributed by atoms with van der Waals surface area (Å²) in [5.41, 5.74) is 2.08. The first-order valence-corrected chi connectivity index (χ1v) is 18.8. The van der Waals surface area contributed by atoms with Gasteiger partial charge < -0.3 is 19.1 Å². The maximum Gasteiger partial charge on any atom is 0.246 e. The number of hydrogen-bond donors (Lipinski definition) is 1. The van der Waals surface area contributed by atoms with Gasteiger partial charge in [0.25, 0.3) is 0 Å². The highest BCUT2D eigenvalue weighted by Gasteiger charge is 2.37. The normalized spacial score (nSPS) is 18.7. The number of benzene rings is 3. The van der Waals surface area contributed by atoms with Gasteiger partial charge in [-0.1, -0.05) is 42.8 Å². The van der Waals surface area contributed by atoms with E-state index in [1.54, 1.807) is 43.3 Å². The maximum absolute atomic E-state index is 14.0. The Labute approximate surface area is 296 Å². The molecule has 5 rings (SSSR count). The van der Waals surface area contributed by atoms with Crippen LogP contribution in [0.25, 0.3) is 10.8 Å². The molecule has 3 unspecified atom stereocenters. The molecule has 0 saturated carbocycles. The van der Waals surface area contributed by atoms with Crippen molar-refractivity contribution in [1.29, 1.82) is 0 Å². The van der Waals surface area contributed by atoms with Crippen molar-refractivity contribution in [2.45, 2.75) is 95.4 Å². The molecule has 0 aliphatic carbocycles. The average Bonchev–Trinajstić information content (AvgIpc) is 3.63. The van der Waals surface area contributed by atoms with Gasteiger partial charge in [0.2, 0.25) is 34.5 Å². The molecule has 0 radical (unpaired) electrons. The number of amides is 2. The monoisotopic (exact) mass is 706 g/mol. The smallest absolute Gasteiger partial charge is 0.246 e. The van der Waals surface area contributed by atoms with Gasteiger partial charge in [0.15, 0.2) is 0 Å². The second-order valence-electron chi connectivity index (χ2n) is 13.6. The van der Waals surface area contributed by atoms with Gasteiger partial charge in [0, 0.05) is 51.1 Å². The molecule has 1 fully saturated rings. The number of likely N-dealkylation sites (tertiary alicyclic amines) is 1. The standard InChI is InChI=1S/C38H50N4O7S/c1-26(2)40(5)38(44)35(20-29-10-12-30(13-11-29)23-41-27(3)8-7-9-28(41)4)42(37-24-48-25-49-37)36(43)18-19-39-50(45,46)34-17-15-31-21-33(47-6)16-14-32(31)22-34/h10-17,21-22,24,26-28,35,39H,7-9,18-20,23,25H2,1-6H3. The lowest BCUT2D eigenvalue weighted by molar-refractivity contribution is -0.146. The molecule has 270 valence electrons. The number of nitrogens with one attached hydrogen (secondary N) is 1. The summed E-state index contributed by atoms with van der Waals surface area (Å²) < 4.78 is 45.3. The summed E-state index contributed by atoms with van der Waals surface area (Å²) in [6.45, 7) is 8.96. The summed E-state index contributed by atoms with van der Waals surface area (Å²) in [6, 6.07) is 18.4. The minimum atomic E-state index is -3.94. The molecule has 2 aliphatic rings. The van der Waals surface area contributed by atoms with Crippen LogP contribution in [0.5, 0.6) is 5.75 Å². The van der Waals surface area contributed by atoms with Crippen molar-refractivity contribution >= 4 is 32.6 Å². The van der Waals surface area contributed by atoms with Crippen LogP contribution in [0.1, 0.15) is 64.5 Å². The SMILES string of the molecule is COc1ccc2cc(S(=O)(=O)NCCC(=O)N(C3=COCO3)C(Cc3ccc(CN4C(C)CCCC4C)cc3)C(=O)N(C)C(C)C)ccc2c1. The Hall–Kier alpha value is -4.13. The fourth-order valence-corrected chi connectivity index (χ4v) is 7.65. The number of nitrogens with zero attached hydrogens (tertiary/aromatic N) is 3. The van der Waals surface area contributed by atoms with Gasteiger partial charge >= 0.3 is 0 Å². The van der Waals surface area contributed by atoms with E-state index < -0.39 is 22.0 Å². The Bertz CT molecular complexity index is 1780. The third-order valence-electron chi connectivity index (χ3n) is 9.84. The molecule has 0 spiro atoms. The molecule has 3 aromatic carbocycles. The van der Waals surface area contributed by atoms with Gasteiger partial charge in [0.05, 0.1) is 12.0 Å². The number of hydrogen-bond acceptors (Lipinski definition) is 8. The molecule has 0 aromatic heterocycles. The van der Waals surface area contributed by atoms with E-state index in [1.807, 2.05) is 32.0 Å². The largest absolute Gasteiger partial charge is 0.497 e. The van der Waals surface area contributed by atoms with Crippen molar-refractivity contribution < 1.29 is 32.2 Å². The Kier molecular flexibility index (Phi) is 12.1. The van der Waals surface area contributed by atoms with Crippen molar-refractivity contribution in [2.75, 3.05) is 27.5 Å². The van der Waals surface area contributed by atoms with Crippen LogP contribution in [0, 0.1) is 0 Å². The fraction of sp³-hybridized carbons (Fsp3) is 0.474. The van der Waals surface area contributed by atoms with Crippen molar-refractivity contribution in [1.82, 2.24) is 19.4 Å². The summed E-state index contributed by atoms with van der Waals surface area (Å²) >= 11 is 0. The lowest BCUT2D eigenvalue weighted by Crippen LogP contribution is -2.52. The lowest BCUT2D eigenvalue weighted by Gasteiger charge is -2.39. The third kappa shape index (κ3) is 8.77. The van der Waals surface area contributed by atoms with Gasteiger partial charge in [-0.15, -0.1) is 0 Å². The second kappa shape index (κ2) is 16.3. The van der Waals surface area contributed by atoms with E-state index >= 15 is 0 Å². The number of methoxy groups -OCH3 is 1. The van der Waals surface area contributed by atoms with Crippen LogP contribution in [0.15, 0.2) is 77.7 Å². The van der Waals surface area contributed by atoms with Gasteiger partial charge in [-0.25, -0.2) is 13.1 Å². The zero-order chi connectivity index (χ0) is 36.0. The number of rotatable bonds is 14. The van der Waals surface area contributed by atoms with Crippen LogP contribution < -0.4 is 9.46 Å². The summed E-state index contributed by atoms with van der Waals surface area (Å²) in [6.07, 6.45) is 4.98. The summed E-state index contributed by atoms with van der Waals surface area (Å²) in [5.74, 6) is 0.0445. The molecule has 50 heavy (non-hydrogen) atoms. The van der Waals surface area contributed by atoms with E-state index in [0.29, 0.717) is 17.8 Å². The minimum absolute atomic E-state index is 0.0777. The number of likely N-dealkylation sites (N-methyl/N-ethyl adjacent to an activating group) is 1. The van der Waals surface area contributed by atoms with E-state index in [0.717, 1.165) is 22.9 Å². The quantitative estimate of drug-likeness (QED) is 0.237. The van der Waals surface area contributed by atoms with Crippen molar-refractivity contribution in [3.8, 4) is 5.75 Å². The van der Waals surface area contributed by atoms with Crippen molar-refractivity contribution in [3.63, 3.8) is 0 Å². The number of piperidine rings is 1. The van der Waals surface area contributed by atoms with Crippen LogP contribution in [-0.4, -0.2) is 86.6 Å².